The number of benzene rings is 1. The molecule has 38 heavy (non-hydrogen) atoms. The second-order valence-electron chi connectivity index (χ2n) is 9.96. The van der Waals surface area contributed by atoms with Gasteiger partial charge in [-0.2, -0.15) is 0 Å². The zero-order chi connectivity index (χ0) is 27.0. The van der Waals surface area contributed by atoms with Gasteiger partial charge < -0.3 is 14.8 Å². The van der Waals surface area contributed by atoms with Gasteiger partial charge in [-0.3, -0.25) is 0 Å². The van der Waals surface area contributed by atoms with E-state index in [0.717, 1.165) is 69.6 Å². The van der Waals surface area contributed by atoms with Crippen molar-refractivity contribution in [3.8, 4) is 11.4 Å². The van der Waals surface area contributed by atoms with E-state index in [1.165, 1.54) is 0 Å². The first-order valence-corrected chi connectivity index (χ1v) is 14.6. The molecule has 8 nitrogen and oxygen atoms in total. The molecule has 2 aromatic heterocycles. The van der Waals surface area contributed by atoms with Crippen LogP contribution in [-0.4, -0.2) is 42.1 Å². The van der Waals surface area contributed by atoms with Gasteiger partial charge in [-0.15, -0.1) is 0 Å². The molecule has 5 rings (SSSR count). The molecule has 2 atom stereocenters. The Bertz CT molecular complexity index is 1380. The maximum Gasteiger partial charge on any atom is 0.165 e. The highest BCUT2D eigenvalue weighted by Crippen LogP contribution is 2.45. The highest BCUT2D eigenvalue weighted by atomic mass is 32.2. The highest BCUT2D eigenvalue weighted by molar-refractivity contribution is 7.91. The number of aromatic nitrogens is 4. The minimum atomic E-state index is -0.956. The zero-order valence-corrected chi connectivity index (χ0v) is 23.6. The van der Waals surface area contributed by atoms with E-state index >= 15 is 0 Å². The minimum Gasteiger partial charge on any atom is -0.611 e. The van der Waals surface area contributed by atoms with Crippen molar-refractivity contribution in [2.75, 3.05) is 10.7 Å². The lowest BCUT2D eigenvalue weighted by Gasteiger charge is -2.36. The van der Waals surface area contributed by atoms with Gasteiger partial charge >= 0.3 is 0 Å². The third kappa shape index (κ3) is 5.05. The summed E-state index contributed by atoms with van der Waals surface area (Å²) in [6.07, 6.45) is 4.84. The molecule has 1 aromatic carbocycles. The van der Waals surface area contributed by atoms with E-state index in [2.05, 4.69) is 40.6 Å². The summed E-state index contributed by atoms with van der Waals surface area (Å²) in [6.45, 7) is 15.2. The van der Waals surface area contributed by atoms with Crippen LogP contribution in [0.5, 0.6) is 0 Å². The van der Waals surface area contributed by atoms with Crippen molar-refractivity contribution < 1.29 is 4.55 Å². The molecule has 0 amide bonds. The first-order valence-electron chi connectivity index (χ1n) is 13.3. The molecule has 0 radical (unpaired) electrons. The van der Waals surface area contributed by atoms with E-state index in [1.54, 1.807) is 6.33 Å². The number of hydrogen-bond acceptors (Lipinski definition) is 8. The van der Waals surface area contributed by atoms with Gasteiger partial charge in [0.2, 0.25) is 0 Å². The molecule has 1 unspecified atom stereocenters. The van der Waals surface area contributed by atoms with Crippen LogP contribution in [0.4, 0.5) is 11.5 Å². The van der Waals surface area contributed by atoms with Crippen molar-refractivity contribution in [1.82, 2.24) is 25.3 Å². The van der Waals surface area contributed by atoms with Gasteiger partial charge in [0.15, 0.2) is 22.4 Å². The maximum atomic E-state index is 12.1. The second-order valence-corrected chi connectivity index (χ2v) is 11.7. The van der Waals surface area contributed by atoms with Gasteiger partial charge in [-0.05, 0) is 75.8 Å². The first-order chi connectivity index (χ1) is 18.3. The molecule has 0 spiro atoms. The molecule has 9 heteroatoms. The molecule has 1 saturated carbocycles. The molecule has 0 saturated heterocycles. The molecule has 3 aromatic rings. The predicted octanol–water partition coefficient (Wildman–Crippen LogP) is 5.51. The van der Waals surface area contributed by atoms with Crippen LogP contribution in [0.15, 0.2) is 52.8 Å². The summed E-state index contributed by atoms with van der Waals surface area (Å²) in [7, 11) is 0. The average Bonchev–Trinajstić information content (AvgIpc) is 3.77. The molecule has 1 fully saturated rings. The maximum absolute atomic E-state index is 12.1. The molecule has 1 N–H and O–H groups in total. The minimum absolute atomic E-state index is 0.162. The number of anilines is 1. The van der Waals surface area contributed by atoms with E-state index in [1.807, 2.05) is 45.0 Å². The standard InChI is InChI=1S/C29H35N7OS/c1-7-17(3)36-20(6)27(30-15-21-9-13-23(14-10-21)38(37)8-2)34-25-19(5)33-28(35-29(25)36)24-18(4)31-16-32-26(24)22-11-12-22/h9-10,13-14,16-17,22H,6-8,11-12,15H2,1-5H3,(H,30,34)/t17-,38?/m1/s1. The van der Waals surface area contributed by atoms with E-state index in [9.17, 15) is 4.55 Å². The van der Waals surface area contributed by atoms with Crippen LogP contribution in [0.1, 0.15) is 68.6 Å². The molecule has 2 aliphatic rings. The van der Waals surface area contributed by atoms with Crippen molar-refractivity contribution >= 4 is 28.5 Å². The van der Waals surface area contributed by atoms with E-state index < -0.39 is 11.2 Å². The Balaban J connectivity index is 1.50. The van der Waals surface area contributed by atoms with Crippen LogP contribution < -0.4 is 10.2 Å². The number of rotatable bonds is 8. The van der Waals surface area contributed by atoms with Gasteiger partial charge in [-0.1, -0.05) is 25.6 Å². The average molecular weight is 530 g/mol. The smallest absolute Gasteiger partial charge is 0.165 e. The monoisotopic (exact) mass is 529 g/mol. The predicted molar refractivity (Wildman–Crippen MR) is 153 cm³/mol. The van der Waals surface area contributed by atoms with Crippen molar-refractivity contribution in [3.63, 3.8) is 0 Å². The van der Waals surface area contributed by atoms with E-state index in [4.69, 9.17) is 15.0 Å². The van der Waals surface area contributed by atoms with Crippen LogP contribution in [0.2, 0.25) is 0 Å². The molecule has 198 valence electrons. The molecular formula is C29H35N7OS. The fraction of sp³-hybridized carbons (Fsp3) is 0.414. The Labute approximate surface area is 227 Å². The number of nitrogens with one attached hydrogen (secondary N) is 1. The van der Waals surface area contributed by atoms with E-state index in [0.29, 0.717) is 29.9 Å². The number of aliphatic imine (C=N–C) groups is 1. The van der Waals surface area contributed by atoms with Gasteiger partial charge in [0.25, 0.3) is 0 Å². The Morgan fingerprint density at radius 3 is 2.50 bits per heavy atom. The Morgan fingerprint density at radius 1 is 1.11 bits per heavy atom. The number of hydrogen-bond donors (Lipinski definition) is 1. The van der Waals surface area contributed by atoms with Crippen molar-refractivity contribution in [2.45, 2.75) is 77.3 Å². The van der Waals surface area contributed by atoms with Crippen LogP contribution in [-0.2, 0) is 17.7 Å². The summed E-state index contributed by atoms with van der Waals surface area (Å²) in [5.74, 6) is 3.20. The summed E-state index contributed by atoms with van der Waals surface area (Å²) in [6, 6.07) is 8.03. The molecular weight excluding hydrogens is 494 g/mol. The first kappa shape index (κ1) is 26.3. The van der Waals surface area contributed by atoms with E-state index in [-0.39, 0.29) is 6.04 Å². The zero-order valence-electron chi connectivity index (χ0n) is 22.8. The normalized spacial score (nSPS) is 16.6. The van der Waals surface area contributed by atoms with Crippen LogP contribution in [0.3, 0.4) is 0 Å². The lowest BCUT2D eigenvalue weighted by atomic mass is 10.1. The summed E-state index contributed by atoms with van der Waals surface area (Å²) < 4.78 is 12.1. The summed E-state index contributed by atoms with van der Waals surface area (Å²) in [5, 5.41) is 3.47. The SMILES string of the molecule is C=C1C(NCc2ccc([S+]([O-])CC)cc2)=Nc2c(C)nc(-c3c(C)ncnc3C3CC3)nc2N1[C@H](C)CC. The molecule has 1 aliphatic heterocycles. The van der Waals surface area contributed by atoms with Gasteiger partial charge in [-0.25, -0.2) is 24.9 Å². The number of amidine groups is 1. The van der Waals surface area contributed by atoms with Crippen LogP contribution in [0.25, 0.3) is 11.4 Å². The Kier molecular flexibility index (Phi) is 7.49. The Hall–Kier alpha value is -3.30. The Morgan fingerprint density at radius 2 is 1.84 bits per heavy atom. The fourth-order valence-electron chi connectivity index (χ4n) is 4.73. The molecule has 0 bridgehead atoms. The lowest BCUT2D eigenvalue weighted by Crippen LogP contribution is -2.42. The number of nitrogens with zero attached hydrogens (tertiary/aromatic N) is 6. The van der Waals surface area contributed by atoms with Gasteiger partial charge in [0.05, 0.1) is 28.3 Å². The number of aryl methyl sites for hydroxylation is 2. The quantitative estimate of drug-likeness (QED) is 0.384. The van der Waals surface area contributed by atoms with Crippen LogP contribution >= 0.6 is 0 Å². The van der Waals surface area contributed by atoms with Crippen molar-refractivity contribution in [3.05, 3.63) is 65.5 Å². The summed E-state index contributed by atoms with van der Waals surface area (Å²) in [4.78, 5) is 27.0. The number of fused-ring (bicyclic) bond motifs is 1. The largest absolute Gasteiger partial charge is 0.611 e. The lowest BCUT2D eigenvalue weighted by molar-refractivity contribution is 0.596. The second kappa shape index (κ2) is 10.8. The third-order valence-corrected chi connectivity index (χ3v) is 8.57. The van der Waals surface area contributed by atoms with Crippen LogP contribution in [0, 0.1) is 13.8 Å². The van der Waals surface area contributed by atoms with Crippen molar-refractivity contribution in [1.29, 1.82) is 0 Å². The molecule has 1 aliphatic carbocycles. The summed E-state index contributed by atoms with van der Waals surface area (Å²) in [5.41, 5.74) is 6.29. The fourth-order valence-corrected chi connectivity index (χ4v) is 5.50. The highest BCUT2D eigenvalue weighted by Gasteiger charge is 2.33. The summed E-state index contributed by atoms with van der Waals surface area (Å²) >= 11 is -0.956. The van der Waals surface area contributed by atoms with Gasteiger partial charge in [0, 0.05) is 18.5 Å². The van der Waals surface area contributed by atoms with Gasteiger partial charge in [0.1, 0.15) is 17.8 Å². The third-order valence-electron chi connectivity index (χ3n) is 7.25. The topological polar surface area (TPSA) is 102 Å². The van der Waals surface area contributed by atoms with Crippen molar-refractivity contribution in [2.24, 2.45) is 4.99 Å². The molecule has 3 heterocycles.